The lowest BCUT2D eigenvalue weighted by molar-refractivity contribution is 0.0947. The van der Waals surface area contributed by atoms with Crippen LogP contribution in [-0.4, -0.2) is 36.1 Å². The van der Waals surface area contributed by atoms with E-state index in [4.69, 9.17) is 9.84 Å². The predicted octanol–water partition coefficient (Wildman–Crippen LogP) is 4.46. The van der Waals surface area contributed by atoms with E-state index in [0.717, 1.165) is 36.1 Å². The zero-order chi connectivity index (χ0) is 22.5. The maximum atomic E-state index is 12.5. The molecule has 3 aromatic rings. The first-order chi connectivity index (χ1) is 15.7. The lowest BCUT2D eigenvalue weighted by atomic mass is 10.1. The third-order valence-electron chi connectivity index (χ3n) is 6.00. The van der Waals surface area contributed by atoms with Crippen LogP contribution in [0.15, 0.2) is 48.5 Å². The summed E-state index contributed by atoms with van der Waals surface area (Å²) in [5, 5.41) is 10.9. The van der Waals surface area contributed by atoms with Gasteiger partial charge in [-0.05, 0) is 30.5 Å². The summed E-state index contributed by atoms with van der Waals surface area (Å²) in [7, 11) is 3.37. The molecule has 1 aromatic heterocycles. The van der Waals surface area contributed by atoms with E-state index in [0.29, 0.717) is 35.2 Å². The largest absolute Gasteiger partial charge is 0.496 e. The van der Waals surface area contributed by atoms with Gasteiger partial charge in [0.15, 0.2) is 6.29 Å². The van der Waals surface area contributed by atoms with E-state index in [-0.39, 0.29) is 5.91 Å². The fourth-order valence-corrected chi connectivity index (χ4v) is 4.32. The number of hydrogen-bond donors (Lipinski definition) is 2. The first-order valence-electron chi connectivity index (χ1n) is 10.9. The van der Waals surface area contributed by atoms with Gasteiger partial charge in [0.1, 0.15) is 17.3 Å². The van der Waals surface area contributed by atoms with Gasteiger partial charge in [-0.1, -0.05) is 49.2 Å². The summed E-state index contributed by atoms with van der Waals surface area (Å²) in [5.41, 5.74) is 3.59. The molecular formula is C25H28N4O3. The van der Waals surface area contributed by atoms with E-state index in [9.17, 15) is 9.59 Å². The molecule has 32 heavy (non-hydrogen) atoms. The number of aromatic nitrogens is 2. The Labute approximate surface area is 187 Å². The minimum absolute atomic E-state index is 0.191. The summed E-state index contributed by atoms with van der Waals surface area (Å²) >= 11 is 0. The van der Waals surface area contributed by atoms with Crippen molar-refractivity contribution in [2.45, 2.75) is 38.3 Å². The lowest BCUT2D eigenvalue weighted by Crippen LogP contribution is -2.23. The van der Waals surface area contributed by atoms with Crippen molar-refractivity contribution in [3.05, 3.63) is 65.2 Å². The van der Waals surface area contributed by atoms with Gasteiger partial charge >= 0.3 is 0 Å². The van der Waals surface area contributed by atoms with Gasteiger partial charge in [0, 0.05) is 19.2 Å². The van der Waals surface area contributed by atoms with E-state index in [1.807, 2.05) is 42.1 Å². The molecule has 0 bridgehead atoms. The third-order valence-corrected chi connectivity index (χ3v) is 6.00. The number of amides is 1. The highest BCUT2D eigenvalue weighted by atomic mass is 16.5. The molecule has 1 amide bonds. The molecule has 2 aromatic carbocycles. The van der Waals surface area contributed by atoms with Crippen LogP contribution in [0, 0.1) is 0 Å². The number of methoxy groups -OCH3 is 1. The number of hydrogen-bond acceptors (Lipinski definition) is 5. The van der Waals surface area contributed by atoms with E-state index in [2.05, 4.69) is 10.6 Å². The highest BCUT2D eigenvalue weighted by Crippen LogP contribution is 2.36. The smallest absolute Gasteiger partial charge is 0.255 e. The third kappa shape index (κ3) is 4.23. The Hall–Kier alpha value is -3.61. The SMILES string of the molecule is CNc1c(C=O)c(-c2ccc(CNC(=O)c3ccccc3OC)cc2)nn1C1CCCC1. The van der Waals surface area contributed by atoms with E-state index >= 15 is 0 Å². The molecule has 0 saturated heterocycles. The highest BCUT2D eigenvalue weighted by Gasteiger charge is 2.25. The second kappa shape index (κ2) is 9.68. The number of nitrogens with one attached hydrogen (secondary N) is 2. The van der Waals surface area contributed by atoms with Crippen LogP contribution in [-0.2, 0) is 6.54 Å². The number of carbonyl (C=O) groups is 2. The second-order valence-corrected chi connectivity index (χ2v) is 7.94. The first-order valence-corrected chi connectivity index (χ1v) is 10.9. The average molecular weight is 433 g/mol. The molecule has 0 aliphatic heterocycles. The summed E-state index contributed by atoms with van der Waals surface area (Å²) in [6, 6.07) is 15.2. The van der Waals surface area contributed by atoms with Crippen molar-refractivity contribution >= 4 is 18.0 Å². The number of ether oxygens (including phenoxy) is 1. The van der Waals surface area contributed by atoms with Crippen LogP contribution in [0.4, 0.5) is 5.82 Å². The Kier molecular flexibility index (Phi) is 6.54. The predicted molar refractivity (Wildman–Crippen MR) is 124 cm³/mol. The molecule has 0 atom stereocenters. The minimum Gasteiger partial charge on any atom is -0.496 e. The number of aldehydes is 1. The van der Waals surface area contributed by atoms with Crippen molar-refractivity contribution in [2.24, 2.45) is 0 Å². The average Bonchev–Trinajstić information content (AvgIpc) is 3.50. The van der Waals surface area contributed by atoms with E-state index in [1.54, 1.807) is 25.3 Å². The molecule has 0 unspecified atom stereocenters. The van der Waals surface area contributed by atoms with Crippen molar-refractivity contribution < 1.29 is 14.3 Å². The van der Waals surface area contributed by atoms with Crippen LogP contribution >= 0.6 is 0 Å². The van der Waals surface area contributed by atoms with Crippen molar-refractivity contribution in [3.63, 3.8) is 0 Å². The van der Waals surface area contributed by atoms with Gasteiger partial charge in [-0.2, -0.15) is 5.10 Å². The number of benzene rings is 2. The second-order valence-electron chi connectivity index (χ2n) is 7.94. The van der Waals surface area contributed by atoms with Crippen LogP contribution in [0.3, 0.4) is 0 Å². The van der Waals surface area contributed by atoms with Crippen molar-refractivity contribution in [1.82, 2.24) is 15.1 Å². The van der Waals surface area contributed by atoms with Crippen molar-refractivity contribution in [2.75, 3.05) is 19.5 Å². The topological polar surface area (TPSA) is 85.2 Å². The molecule has 4 rings (SSSR count). The Balaban J connectivity index is 1.51. The van der Waals surface area contributed by atoms with Gasteiger partial charge < -0.3 is 15.4 Å². The molecule has 166 valence electrons. The number of anilines is 1. The first kappa shape index (κ1) is 21.6. The molecule has 0 spiro atoms. The number of para-hydroxylation sites is 1. The van der Waals surface area contributed by atoms with Crippen LogP contribution in [0.2, 0.25) is 0 Å². The summed E-state index contributed by atoms with van der Waals surface area (Å²) < 4.78 is 7.24. The maximum absolute atomic E-state index is 12.5. The summed E-state index contributed by atoms with van der Waals surface area (Å²) in [4.78, 5) is 24.4. The quantitative estimate of drug-likeness (QED) is 0.514. The van der Waals surface area contributed by atoms with E-state index < -0.39 is 0 Å². The molecule has 7 nitrogen and oxygen atoms in total. The van der Waals surface area contributed by atoms with Gasteiger partial charge in [0.2, 0.25) is 0 Å². The van der Waals surface area contributed by atoms with Crippen LogP contribution < -0.4 is 15.4 Å². The van der Waals surface area contributed by atoms with Crippen LogP contribution in [0.5, 0.6) is 5.75 Å². The lowest BCUT2D eigenvalue weighted by Gasteiger charge is -2.13. The minimum atomic E-state index is -0.191. The monoisotopic (exact) mass is 432 g/mol. The number of rotatable bonds is 8. The molecule has 1 aliphatic carbocycles. The molecule has 2 N–H and O–H groups in total. The fraction of sp³-hybridized carbons (Fsp3) is 0.320. The van der Waals surface area contributed by atoms with E-state index in [1.165, 1.54) is 12.8 Å². The maximum Gasteiger partial charge on any atom is 0.255 e. The molecule has 1 fully saturated rings. The van der Waals surface area contributed by atoms with Crippen molar-refractivity contribution in [3.8, 4) is 17.0 Å². The molecular weight excluding hydrogens is 404 g/mol. The molecule has 7 heteroatoms. The summed E-state index contributed by atoms with van der Waals surface area (Å²) in [6.07, 6.45) is 5.42. The van der Waals surface area contributed by atoms with Crippen molar-refractivity contribution in [1.29, 1.82) is 0 Å². The Bertz CT molecular complexity index is 1100. The molecule has 0 radical (unpaired) electrons. The fourth-order valence-electron chi connectivity index (χ4n) is 4.32. The zero-order valence-corrected chi connectivity index (χ0v) is 18.4. The summed E-state index contributed by atoms with van der Waals surface area (Å²) in [6.45, 7) is 0.385. The number of carbonyl (C=O) groups excluding carboxylic acids is 2. The Morgan fingerprint density at radius 2 is 1.88 bits per heavy atom. The van der Waals surface area contributed by atoms with Crippen LogP contribution in [0.1, 0.15) is 58.0 Å². The van der Waals surface area contributed by atoms with Crippen LogP contribution in [0.25, 0.3) is 11.3 Å². The van der Waals surface area contributed by atoms with Gasteiger partial charge in [-0.3, -0.25) is 9.59 Å². The Morgan fingerprint density at radius 3 is 2.53 bits per heavy atom. The van der Waals surface area contributed by atoms with Gasteiger partial charge in [0.05, 0.1) is 24.3 Å². The molecule has 1 saturated carbocycles. The molecule has 1 heterocycles. The highest BCUT2D eigenvalue weighted by molar-refractivity contribution is 5.97. The number of nitrogens with zero attached hydrogens (tertiary/aromatic N) is 2. The normalized spacial score (nSPS) is 13.7. The Morgan fingerprint density at radius 1 is 1.16 bits per heavy atom. The summed E-state index contributed by atoms with van der Waals surface area (Å²) in [5.74, 6) is 1.12. The van der Waals surface area contributed by atoms with Gasteiger partial charge in [-0.25, -0.2) is 4.68 Å². The zero-order valence-electron chi connectivity index (χ0n) is 18.4. The molecule has 1 aliphatic rings. The van der Waals surface area contributed by atoms with Gasteiger partial charge in [-0.15, -0.1) is 0 Å². The standard InChI is InChI=1S/C25H28N4O3/c1-26-24-21(16-30)23(28-29(24)19-7-3-4-8-19)18-13-11-17(12-14-18)15-27-25(31)20-9-5-6-10-22(20)32-2/h5-6,9-14,16,19,26H,3-4,7-8,15H2,1-2H3,(H,27,31). The van der Waals surface area contributed by atoms with Gasteiger partial charge in [0.25, 0.3) is 5.91 Å².